The number of allylic oxidation sites excluding steroid dienone is 1. The number of carbonyl (C=O) groups excluding carboxylic acids is 1. The fourth-order valence-electron chi connectivity index (χ4n) is 2.74. The van der Waals surface area contributed by atoms with Crippen molar-refractivity contribution in [2.45, 2.75) is 39.3 Å². The van der Waals surface area contributed by atoms with Gasteiger partial charge in [-0.2, -0.15) is 5.10 Å². The Balaban J connectivity index is 2.23. The molecule has 0 radical (unpaired) electrons. The van der Waals surface area contributed by atoms with Crippen LogP contribution in [0.1, 0.15) is 40.2 Å². The molecule has 6 nitrogen and oxygen atoms in total. The van der Waals surface area contributed by atoms with E-state index in [0.717, 1.165) is 5.56 Å². The van der Waals surface area contributed by atoms with Crippen molar-refractivity contribution in [1.29, 1.82) is 0 Å². The van der Waals surface area contributed by atoms with Crippen LogP contribution in [0, 0.1) is 13.8 Å². The molecule has 26 heavy (non-hydrogen) atoms. The van der Waals surface area contributed by atoms with Crippen LogP contribution in [0.25, 0.3) is 0 Å². The maximum Gasteiger partial charge on any atom is 0.326 e. The number of rotatable bonds is 8. The van der Waals surface area contributed by atoms with E-state index in [0.29, 0.717) is 34.9 Å². The van der Waals surface area contributed by atoms with Crippen LogP contribution < -0.4 is 5.32 Å². The molecular formula is C19H22ClN3O3. The number of aryl methyl sites for hydroxylation is 1. The van der Waals surface area contributed by atoms with Gasteiger partial charge in [0.25, 0.3) is 5.91 Å². The molecule has 138 valence electrons. The predicted octanol–water partition coefficient (Wildman–Crippen LogP) is 3.35. The van der Waals surface area contributed by atoms with Gasteiger partial charge in [0, 0.05) is 10.7 Å². The molecule has 1 atom stereocenters. The SMILES string of the molecule is C=CCCC(NC(=O)c1c(C)nn(Cc2ccccc2Cl)c1C)C(=O)O. The molecule has 1 unspecified atom stereocenters. The minimum Gasteiger partial charge on any atom is -0.480 e. The molecular weight excluding hydrogens is 354 g/mol. The van der Waals surface area contributed by atoms with Crippen LogP contribution in [-0.2, 0) is 11.3 Å². The topological polar surface area (TPSA) is 84.2 Å². The summed E-state index contributed by atoms with van der Waals surface area (Å²) >= 11 is 6.19. The number of halogens is 1. The van der Waals surface area contributed by atoms with E-state index in [1.165, 1.54) is 0 Å². The van der Waals surface area contributed by atoms with Crippen molar-refractivity contribution in [3.63, 3.8) is 0 Å². The lowest BCUT2D eigenvalue weighted by atomic mass is 10.1. The molecule has 0 fully saturated rings. The molecule has 2 aromatic rings. The quantitative estimate of drug-likeness (QED) is 0.693. The summed E-state index contributed by atoms with van der Waals surface area (Å²) in [6.07, 6.45) is 2.41. The predicted molar refractivity (Wildman–Crippen MR) is 101 cm³/mol. The first-order valence-corrected chi connectivity index (χ1v) is 8.65. The highest BCUT2D eigenvalue weighted by molar-refractivity contribution is 6.31. The van der Waals surface area contributed by atoms with Gasteiger partial charge in [-0.15, -0.1) is 6.58 Å². The second kappa shape index (κ2) is 8.67. The second-order valence-electron chi connectivity index (χ2n) is 6.03. The first kappa shape index (κ1) is 19.7. The number of amides is 1. The largest absolute Gasteiger partial charge is 0.480 e. The van der Waals surface area contributed by atoms with E-state index < -0.39 is 17.9 Å². The zero-order chi connectivity index (χ0) is 19.3. The van der Waals surface area contributed by atoms with Gasteiger partial charge in [0.15, 0.2) is 0 Å². The summed E-state index contributed by atoms with van der Waals surface area (Å²) in [6, 6.07) is 6.46. The van der Waals surface area contributed by atoms with Gasteiger partial charge < -0.3 is 10.4 Å². The Morgan fingerprint density at radius 2 is 2.08 bits per heavy atom. The fourth-order valence-corrected chi connectivity index (χ4v) is 2.94. The van der Waals surface area contributed by atoms with Gasteiger partial charge in [-0.05, 0) is 38.3 Å². The molecule has 0 spiro atoms. The van der Waals surface area contributed by atoms with Gasteiger partial charge in [-0.1, -0.05) is 35.9 Å². The van der Waals surface area contributed by atoms with E-state index in [4.69, 9.17) is 11.6 Å². The van der Waals surface area contributed by atoms with Crippen LogP contribution in [-0.4, -0.2) is 32.8 Å². The van der Waals surface area contributed by atoms with Gasteiger partial charge in [-0.3, -0.25) is 9.48 Å². The molecule has 0 saturated heterocycles. The monoisotopic (exact) mass is 375 g/mol. The number of aromatic nitrogens is 2. The summed E-state index contributed by atoms with van der Waals surface area (Å²) in [4.78, 5) is 24.0. The molecule has 0 bridgehead atoms. The molecule has 7 heteroatoms. The van der Waals surface area contributed by atoms with Crippen LogP contribution in [0.2, 0.25) is 5.02 Å². The molecule has 1 aromatic heterocycles. The molecule has 0 aliphatic rings. The Hall–Kier alpha value is -2.60. The van der Waals surface area contributed by atoms with Crippen molar-refractivity contribution in [2.75, 3.05) is 0 Å². The fraction of sp³-hybridized carbons (Fsp3) is 0.316. The summed E-state index contributed by atoms with van der Waals surface area (Å²) in [6.45, 7) is 7.52. The highest BCUT2D eigenvalue weighted by Crippen LogP contribution is 2.19. The van der Waals surface area contributed by atoms with Crippen molar-refractivity contribution in [2.24, 2.45) is 0 Å². The first-order valence-electron chi connectivity index (χ1n) is 8.27. The average molecular weight is 376 g/mol. The maximum atomic E-state index is 12.6. The zero-order valence-electron chi connectivity index (χ0n) is 14.8. The smallest absolute Gasteiger partial charge is 0.326 e. The van der Waals surface area contributed by atoms with E-state index in [9.17, 15) is 14.7 Å². The summed E-state index contributed by atoms with van der Waals surface area (Å²) in [7, 11) is 0. The number of benzene rings is 1. The van der Waals surface area contributed by atoms with E-state index in [-0.39, 0.29) is 6.42 Å². The van der Waals surface area contributed by atoms with Crippen LogP contribution in [0.5, 0.6) is 0 Å². The summed E-state index contributed by atoms with van der Waals surface area (Å²) in [5.41, 5.74) is 2.48. The molecule has 1 aromatic carbocycles. The van der Waals surface area contributed by atoms with Crippen molar-refractivity contribution in [1.82, 2.24) is 15.1 Å². The van der Waals surface area contributed by atoms with Gasteiger partial charge in [-0.25, -0.2) is 4.79 Å². The van der Waals surface area contributed by atoms with Gasteiger partial charge >= 0.3 is 5.97 Å². The van der Waals surface area contributed by atoms with Crippen LogP contribution in [0.4, 0.5) is 0 Å². The minimum atomic E-state index is -1.07. The van der Waals surface area contributed by atoms with Crippen LogP contribution >= 0.6 is 11.6 Å². The molecule has 0 aliphatic heterocycles. The van der Waals surface area contributed by atoms with Crippen molar-refractivity contribution in [3.8, 4) is 0 Å². The Kier molecular flexibility index (Phi) is 6.58. The molecule has 2 N–H and O–H groups in total. The van der Waals surface area contributed by atoms with Crippen LogP contribution in [0.3, 0.4) is 0 Å². The molecule has 1 heterocycles. The number of aliphatic carboxylic acids is 1. The number of hydrogen-bond donors (Lipinski definition) is 2. The lowest BCUT2D eigenvalue weighted by Gasteiger charge is -2.14. The zero-order valence-corrected chi connectivity index (χ0v) is 15.6. The molecule has 0 saturated carbocycles. The minimum absolute atomic E-state index is 0.288. The Morgan fingerprint density at radius 3 is 2.69 bits per heavy atom. The highest BCUT2D eigenvalue weighted by atomic mass is 35.5. The standard InChI is InChI=1S/C19H22ClN3O3/c1-4-5-10-16(19(25)26)21-18(24)17-12(2)22-23(13(17)3)11-14-8-6-7-9-15(14)20/h4,6-9,16H,1,5,10-11H2,2-3H3,(H,21,24)(H,25,26). The third-order valence-corrected chi connectivity index (χ3v) is 4.52. The number of nitrogens with one attached hydrogen (secondary N) is 1. The Morgan fingerprint density at radius 1 is 1.38 bits per heavy atom. The third kappa shape index (κ3) is 4.52. The number of carbonyl (C=O) groups is 2. The molecule has 0 aliphatic carbocycles. The number of carboxylic acid groups (broad SMARTS) is 1. The van der Waals surface area contributed by atoms with E-state index in [1.807, 2.05) is 18.2 Å². The second-order valence-corrected chi connectivity index (χ2v) is 6.43. The highest BCUT2D eigenvalue weighted by Gasteiger charge is 2.24. The van der Waals surface area contributed by atoms with Gasteiger partial charge in [0.2, 0.25) is 0 Å². The maximum absolute atomic E-state index is 12.6. The van der Waals surface area contributed by atoms with E-state index in [2.05, 4.69) is 17.0 Å². The van der Waals surface area contributed by atoms with Crippen molar-refractivity contribution in [3.05, 3.63) is 64.5 Å². The Labute approximate surface area is 157 Å². The Bertz CT molecular complexity index is 829. The van der Waals surface area contributed by atoms with Gasteiger partial charge in [0.05, 0.1) is 17.8 Å². The third-order valence-electron chi connectivity index (χ3n) is 4.15. The summed E-state index contributed by atoms with van der Waals surface area (Å²) < 4.78 is 1.70. The first-order chi connectivity index (χ1) is 12.3. The van der Waals surface area contributed by atoms with Crippen molar-refractivity contribution < 1.29 is 14.7 Å². The van der Waals surface area contributed by atoms with Gasteiger partial charge in [0.1, 0.15) is 6.04 Å². The van der Waals surface area contributed by atoms with E-state index in [1.54, 1.807) is 30.7 Å². The summed E-state index contributed by atoms with van der Waals surface area (Å²) in [5, 5.41) is 16.9. The summed E-state index contributed by atoms with van der Waals surface area (Å²) in [5.74, 6) is -1.51. The molecule has 2 rings (SSSR count). The number of carboxylic acids is 1. The van der Waals surface area contributed by atoms with E-state index >= 15 is 0 Å². The van der Waals surface area contributed by atoms with Crippen LogP contribution in [0.15, 0.2) is 36.9 Å². The normalized spacial score (nSPS) is 11.8. The lowest BCUT2D eigenvalue weighted by Crippen LogP contribution is -2.41. The number of nitrogens with zero attached hydrogens (tertiary/aromatic N) is 2. The lowest BCUT2D eigenvalue weighted by molar-refractivity contribution is -0.139. The average Bonchev–Trinajstić information content (AvgIpc) is 2.87. The van der Waals surface area contributed by atoms with Crippen molar-refractivity contribution >= 4 is 23.5 Å². The molecule has 1 amide bonds. The number of hydrogen-bond acceptors (Lipinski definition) is 3.